The van der Waals surface area contributed by atoms with Crippen molar-refractivity contribution in [1.29, 1.82) is 0 Å². The predicted molar refractivity (Wildman–Crippen MR) is 94.0 cm³/mol. The lowest BCUT2D eigenvalue weighted by molar-refractivity contribution is 0.168. The second-order valence-electron chi connectivity index (χ2n) is 7.09. The first-order valence-electron chi connectivity index (χ1n) is 9.35. The smallest absolute Gasteiger partial charge is 0.317 e. The molecule has 0 bridgehead atoms. The molecule has 1 saturated heterocycles. The molecule has 3 heterocycles. The molecule has 0 unspecified atom stereocenters. The third-order valence-corrected chi connectivity index (χ3v) is 5.43. The van der Waals surface area contributed by atoms with Crippen molar-refractivity contribution in [1.82, 2.24) is 29.8 Å². The largest absolute Gasteiger partial charge is 0.332 e. The van der Waals surface area contributed by atoms with Gasteiger partial charge in [0.1, 0.15) is 0 Å². The summed E-state index contributed by atoms with van der Waals surface area (Å²) in [7, 11) is 0. The van der Waals surface area contributed by atoms with E-state index in [1.807, 2.05) is 40.3 Å². The average Bonchev–Trinajstić information content (AvgIpc) is 3.42. The number of aromatic nitrogens is 4. The quantitative estimate of drug-likeness (QED) is 0.929. The molecule has 2 aromatic rings. The van der Waals surface area contributed by atoms with E-state index < -0.39 is 0 Å². The lowest BCUT2D eigenvalue weighted by Crippen LogP contribution is -2.44. The number of amides is 2. The van der Waals surface area contributed by atoms with Crippen LogP contribution in [0.1, 0.15) is 56.3 Å². The van der Waals surface area contributed by atoms with Crippen LogP contribution in [0.25, 0.3) is 0 Å². The molecule has 4 rings (SSSR count). The molecule has 7 heteroatoms. The Labute approximate surface area is 148 Å². The average molecular weight is 342 g/mol. The zero-order chi connectivity index (χ0) is 17.1. The first kappa shape index (κ1) is 16.2. The van der Waals surface area contributed by atoms with Crippen LogP contribution in [0.3, 0.4) is 0 Å². The minimum Gasteiger partial charge on any atom is -0.332 e. The lowest BCUT2D eigenvalue weighted by Gasteiger charge is -2.32. The Kier molecular flexibility index (Phi) is 4.72. The van der Waals surface area contributed by atoms with Crippen LogP contribution in [0.15, 0.2) is 30.7 Å². The zero-order valence-corrected chi connectivity index (χ0v) is 14.5. The molecular formula is C18H26N6O. The molecule has 2 aliphatic rings. The molecule has 1 aliphatic carbocycles. The summed E-state index contributed by atoms with van der Waals surface area (Å²) < 4.78 is 4.08. The van der Waals surface area contributed by atoms with E-state index in [4.69, 9.17) is 0 Å². The molecule has 0 aromatic carbocycles. The third-order valence-electron chi connectivity index (χ3n) is 5.43. The molecule has 0 radical (unpaired) electrons. The van der Waals surface area contributed by atoms with Gasteiger partial charge >= 0.3 is 6.03 Å². The summed E-state index contributed by atoms with van der Waals surface area (Å²) in [5.41, 5.74) is 0.937. The van der Waals surface area contributed by atoms with Crippen LogP contribution < -0.4 is 5.32 Å². The molecule has 2 amide bonds. The standard InChI is InChI=1S/C18H26N6O/c25-18(22-11-7-17(8-12-22)23-10-3-9-20-23)19-14-15-6-13-24(21-15)16-4-1-2-5-16/h3,6,9-10,13,16-17H,1-2,4-5,7-8,11-12,14H2,(H,19,25). The Bertz CT molecular complexity index is 680. The topological polar surface area (TPSA) is 68.0 Å². The Balaban J connectivity index is 1.24. The highest BCUT2D eigenvalue weighted by Crippen LogP contribution is 2.28. The summed E-state index contributed by atoms with van der Waals surface area (Å²) in [6.07, 6.45) is 12.8. The van der Waals surface area contributed by atoms with Gasteiger partial charge in [-0.25, -0.2) is 4.79 Å². The molecule has 0 spiro atoms. The second kappa shape index (κ2) is 7.29. The molecular weight excluding hydrogens is 316 g/mol. The SMILES string of the molecule is O=C(NCc1ccn(C2CCCC2)n1)N1CCC(n2cccn2)CC1. The van der Waals surface area contributed by atoms with Crippen LogP contribution in [-0.2, 0) is 6.54 Å². The van der Waals surface area contributed by atoms with Crippen molar-refractivity contribution in [2.24, 2.45) is 0 Å². The first-order valence-corrected chi connectivity index (χ1v) is 9.35. The van der Waals surface area contributed by atoms with Gasteiger partial charge in [0.15, 0.2) is 0 Å². The summed E-state index contributed by atoms with van der Waals surface area (Å²) in [5.74, 6) is 0. The van der Waals surface area contributed by atoms with Gasteiger partial charge in [-0.2, -0.15) is 10.2 Å². The van der Waals surface area contributed by atoms with Crippen molar-refractivity contribution in [2.45, 2.75) is 57.2 Å². The Hall–Kier alpha value is -2.31. The Morgan fingerprint density at radius 2 is 1.84 bits per heavy atom. The number of carbonyl (C=O) groups is 1. The van der Waals surface area contributed by atoms with Gasteiger partial charge in [0.05, 0.1) is 24.3 Å². The molecule has 134 valence electrons. The van der Waals surface area contributed by atoms with E-state index in [0.717, 1.165) is 31.6 Å². The molecule has 7 nitrogen and oxygen atoms in total. The number of piperidine rings is 1. The molecule has 0 atom stereocenters. The van der Waals surface area contributed by atoms with E-state index in [0.29, 0.717) is 18.6 Å². The molecule has 25 heavy (non-hydrogen) atoms. The lowest BCUT2D eigenvalue weighted by atomic mass is 10.1. The van der Waals surface area contributed by atoms with Crippen LogP contribution in [0.2, 0.25) is 0 Å². The number of hydrogen-bond acceptors (Lipinski definition) is 3. The van der Waals surface area contributed by atoms with Gasteiger partial charge in [-0.1, -0.05) is 12.8 Å². The highest BCUT2D eigenvalue weighted by Gasteiger charge is 2.24. The molecule has 2 aromatic heterocycles. The van der Waals surface area contributed by atoms with Gasteiger partial charge in [-0.3, -0.25) is 9.36 Å². The van der Waals surface area contributed by atoms with E-state index in [1.165, 1.54) is 25.7 Å². The van der Waals surface area contributed by atoms with Crippen LogP contribution in [0.4, 0.5) is 4.79 Å². The summed E-state index contributed by atoms with van der Waals surface area (Å²) in [5, 5.41) is 11.9. The van der Waals surface area contributed by atoms with E-state index in [2.05, 4.69) is 20.2 Å². The number of hydrogen-bond donors (Lipinski definition) is 1. The number of urea groups is 1. The zero-order valence-electron chi connectivity index (χ0n) is 14.5. The monoisotopic (exact) mass is 342 g/mol. The van der Waals surface area contributed by atoms with E-state index in [1.54, 1.807) is 0 Å². The van der Waals surface area contributed by atoms with Crippen molar-refractivity contribution < 1.29 is 4.79 Å². The number of nitrogens with zero attached hydrogens (tertiary/aromatic N) is 5. The van der Waals surface area contributed by atoms with Crippen molar-refractivity contribution in [2.75, 3.05) is 13.1 Å². The van der Waals surface area contributed by atoms with Crippen molar-refractivity contribution in [3.63, 3.8) is 0 Å². The highest BCUT2D eigenvalue weighted by molar-refractivity contribution is 5.74. The Morgan fingerprint density at radius 3 is 2.56 bits per heavy atom. The van der Waals surface area contributed by atoms with E-state index in [-0.39, 0.29) is 6.03 Å². The van der Waals surface area contributed by atoms with Gasteiger partial charge in [0.2, 0.25) is 0 Å². The second-order valence-corrected chi connectivity index (χ2v) is 7.09. The Morgan fingerprint density at radius 1 is 1.08 bits per heavy atom. The third kappa shape index (κ3) is 3.70. The van der Waals surface area contributed by atoms with Crippen molar-refractivity contribution in [3.8, 4) is 0 Å². The normalized spacial score (nSPS) is 19.4. The number of rotatable bonds is 4. The summed E-state index contributed by atoms with van der Waals surface area (Å²) >= 11 is 0. The minimum absolute atomic E-state index is 0.00864. The maximum Gasteiger partial charge on any atom is 0.317 e. The van der Waals surface area contributed by atoms with Crippen molar-refractivity contribution in [3.05, 3.63) is 36.4 Å². The number of nitrogens with one attached hydrogen (secondary N) is 1. The van der Waals surface area contributed by atoms with Gasteiger partial charge < -0.3 is 10.2 Å². The fourth-order valence-corrected chi connectivity index (χ4v) is 3.95. The van der Waals surface area contributed by atoms with Gasteiger partial charge in [-0.15, -0.1) is 0 Å². The highest BCUT2D eigenvalue weighted by atomic mass is 16.2. The predicted octanol–water partition coefficient (Wildman–Crippen LogP) is 2.74. The van der Waals surface area contributed by atoms with Gasteiger partial charge in [-0.05, 0) is 37.8 Å². The summed E-state index contributed by atoms with van der Waals surface area (Å²) in [6, 6.07) is 4.92. The maximum atomic E-state index is 12.4. The number of carbonyl (C=O) groups excluding carboxylic acids is 1. The molecule has 1 N–H and O–H groups in total. The van der Waals surface area contributed by atoms with E-state index >= 15 is 0 Å². The summed E-state index contributed by atoms with van der Waals surface area (Å²) in [4.78, 5) is 14.3. The van der Waals surface area contributed by atoms with E-state index in [9.17, 15) is 4.79 Å². The fourth-order valence-electron chi connectivity index (χ4n) is 3.95. The van der Waals surface area contributed by atoms with Crippen LogP contribution in [-0.4, -0.2) is 43.6 Å². The minimum atomic E-state index is 0.00864. The first-order chi connectivity index (χ1) is 12.3. The van der Waals surface area contributed by atoms with Crippen LogP contribution >= 0.6 is 0 Å². The maximum absolute atomic E-state index is 12.4. The van der Waals surface area contributed by atoms with Crippen LogP contribution in [0, 0.1) is 0 Å². The van der Waals surface area contributed by atoms with Crippen molar-refractivity contribution >= 4 is 6.03 Å². The van der Waals surface area contributed by atoms with Gasteiger partial charge in [0.25, 0.3) is 0 Å². The molecule has 1 aliphatic heterocycles. The summed E-state index contributed by atoms with van der Waals surface area (Å²) in [6.45, 7) is 2.04. The van der Waals surface area contributed by atoms with Crippen LogP contribution in [0.5, 0.6) is 0 Å². The fraction of sp³-hybridized carbons (Fsp3) is 0.611. The van der Waals surface area contributed by atoms with Gasteiger partial charge in [0, 0.05) is 31.7 Å². The molecule has 2 fully saturated rings. The molecule has 1 saturated carbocycles. The number of likely N-dealkylation sites (tertiary alicyclic amines) is 1.